The van der Waals surface area contributed by atoms with Gasteiger partial charge in [0.05, 0.1) is 5.52 Å². The molecule has 0 aliphatic carbocycles. The van der Waals surface area contributed by atoms with Gasteiger partial charge in [0.2, 0.25) is 5.95 Å². The van der Waals surface area contributed by atoms with Crippen molar-refractivity contribution in [3.05, 3.63) is 23.9 Å². The highest BCUT2D eigenvalue weighted by atomic mass is 15.0. The Balaban J connectivity index is 2.58. The third kappa shape index (κ3) is 1.11. The summed E-state index contributed by atoms with van der Waals surface area (Å²) in [5, 5.41) is 1.86. The number of aryl methyl sites for hydroxylation is 1. The number of benzene rings is 1. The van der Waals surface area contributed by atoms with E-state index in [2.05, 4.69) is 15.0 Å². The largest absolute Gasteiger partial charge is 0.383 e. The van der Waals surface area contributed by atoms with Gasteiger partial charge in [0, 0.05) is 22.0 Å². The zero-order valence-corrected chi connectivity index (χ0v) is 8.78. The zero-order valence-electron chi connectivity index (χ0n) is 8.78. The summed E-state index contributed by atoms with van der Waals surface area (Å²) in [5.41, 5.74) is 14.3. The number of fused-ring (bicyclic) bond motifs is 3. The maximum atomic E-state index is 5.81. The van der Waals surface area contributed by atoms with Gasteiger partial charge in [-0.15, -0.1) is 0 Å². The summed E-state index contributed by atoms with van der Waals surface area (Å²) in [7, 11) is 0. The minimum Gasteiger partial charge on any atom is -0.383 e. The minimum absolute atomic E-state index is 0.205. The van der Waals surface area contributed by atoms with E-state index < -0.39 is 0 Å². The van der Waals surface area contributed by atoms with Crippen LogP contribution in [-0.4, -0.2) is 15.0 Å². The Kier molecular flexibility index (Phi) is 1.60. The number of anilines is 2. The summed E-state index contributed by atoms with van der Waals surface area (Å²) >= 11 is 0. The molecule has 0 amide bonds. The molecule has 0 bridgehead atoms. The lowest BCUT2D eigenvalue weighted by Crippen LogP contribution is -2.00. The fraction of sp³-hybridized carbons (Fsp3) is 0.0909. The third-order valence-corrected chi connectivity index (χ3v) is 2.65. The third-order valence-electron chi connectivity index (χ3n) is 2.65. The lowest BCUT2D eigenvalue weighted by Gasteiger charge is -2.02. The SMILES string of the molecule is Cc1cc2c(ccc3c(N)nc(N)nc32)[nH]1. The van der Waals surface area contributed by atoms with E-state index >= 15 is 0 Å². The van der Waals surface area contributed by atoms with Crippen LogP contribution < -0.4 is 11.5 Å². The number of nitrogens with two attached hydrogens (primary N) is 2. The van der Waals surface area contributed by atoms with Gasteiger partial charge in [-0.3, -0.25) is 0 Å². The fourth-order valence-electron chi connectivity index (χ4n) is 1.98. The predicted octanol–water partition coefficient (Wildman–Crippen LogP) is 1.58. The first-order valence-corrected chi connectivity index (χ1v) is 4.96. The molecule has 5 N–H and O–H groups in total. The molecule has 1 aromatic carbocycles. The summed E-state index contributed by atoms with van der Waals surface area (Å²) < 4.78 is 0. The second-order valence-electron chi connectivity index (χ2n) is 3.84. The van der Waals surface area contributed by atoms with Crippen molar-refractivity contribution in [1.29, 1.82) is 0 Å². The number of nitrogens with zero attached hydrogens (tertiary/aromatic N) is 2. The molecule has 80 valence electrons. The first kappa shape index (κ1) is 8.96. The summed E-state index contributed by atoms with van der Waals surface area (Å²) in [6.07, 6.45) is 0. The fourth-order valence-corrected chi connectivity index (χ4v) is 1.98. The van der Waals surface area contributed by atoms with Crippen molar-refractivity contribution in [1.82, 2.24) is 15.0 Å². The van der Waals surface area contributed by atoms with Crippen molar-refractivity contribution in [3.63, 3.8) is 0 Å². The Morgan fingerprint density at radius 2 is 1.94 bits per heavy atom. The van der Waals surface area contributed by atoms with E-state index in [9.17, 15) is 0 Å². The number of rotatable bonds is 0. The second kappa shape index (κ2) is 2.85. The average Bonchev–Trinajstić information content (AvgIpc) is 2.58. The van der Waals surface area contributed by atoms with Gasteiger partial charge >= 0.3 is 0 Å². The van der Waals surface area contributed by atoms with Gasteiger partial charge in [-0.05, 0) is 25.1 Å². The minimum atomic E-state index is 0.205. The Hall–Kier alpha value is -2.30. The highest BCUT2D eigenvalue weighted by Gasteiger charge is 2.08. The molecule has 0 spiro atoms. The number of nitrogens with one attached hydrogen (secondary N) is 1. The van der Waals surface area contributed by atoms with Crippen LogP contribution in [0.3, 0.4) is 0 Å². The highest BCUT2D eigenvalue weighted by molar-refractivity contribution is 6.07. The first-order valence-electron chi connectivity index (χ1n) is 4.96. The molecular weight excluding hydrogens is 202 g/mol. The molecule has 0 atom stereocenters. The van der Waals surface area contributed by atoms with E-state index in [1.54, 1.807) is 0 Å². The van der Waals surface area contributed by atoms with Gasteiger partial charge in [-0.25, -0.2) is 4.98 Å². The van der Waals surface area contributed by atoms with Crippen LogP contribution in [0, 0.1) is 6.92 Å². The van der Waals surface area contributed by atoms with E-state index in [1.165, 1.54) is 0 Å². The van der Waals surface area contributed by atoms with Gasteiger partial charge in [-0.2, -0.15) is 4.98 Å². The molecule has 0 saturated heterocycles. The molecule has 0 saturated carbocycles. The smallest absolute Gasteiger partial charge is 0.222 e. The molecular formula is C11H11N5. The molecule has 0 radical (unpaired) electrons. The summed E-state index contributed by atoms with van der Waals surface area (Å²) in [6.45, 7) is 2.00. The van der Waals surface area contributed by atoms with Crippen molar-refractivity contribution in [3.8, 4) is 0 Å². The van der Waals surface area contributed by atoms with Crippen molar-refractivity contribution in [2.75, 3.05) is 11.5 Å². The molecule has 2 aromatic heterocycles. The zero-order chi connectivity index (χ0) is 11.3. The Morgan fingerprint density at radius 3 is 2.75 bits per heavy atom. The molecule has 0 aliphatic heterocycles. The van der Waals surface area contributed by atoms with Crippen molar-refractivity contribution in [2.24, 2.45) is 0 Å². The van der Waals surface area contributed by atoms with E-state index in [0.29, 0.717) is 5.82 Å². The molecule has 0 fully saturated rings. The number of hydrogen-bond acceptors (Lipinski definition) is 4. The predicted molar refractivity (Wildman–Crippen MR) is 65.0 cm³/mol. The second-order valence-corrected chi connectivity index (χ2v) is 3.84. The number of aromatic amines is 1. The lowest BCUT2D eigenvalue weighted by atomic mass is 10.1. The van der Waals surface area contributed by atoms with Gasteiger partial charge in [0.15, 0.2) is 0 Å². The first-order chi connectivity index (χ1) is 7.65. The molecule has 5 nitrogen and oxygen atoms in total. The number of aromatic nitrogens is 3. The molecule has 0 aliphatic rings. The Labute approximate surface area is 91.5 Å². The molecule has 0 unspecified atom stereocenters. The normalized spacial score (nSPS) is 11.3. The lowest BCUT2D eigenvalue weighted by molar-refractivity contribution is 1.25. The average molecular weight is 213 g/mol. The number of hydrogen-bond donors (Lipinski definition) is 3. The van der Waals surface area contributed by atoms with Crippen LogP contribution in [-0.2, 0) is 0 Å². The van der Waals surface area contributed by atoms with Crippen LogP contribution in [0.2, 0.25) is 0 Å². The monoisotopic (exact) mass is 213 g/mol. The molecule has 16 heavy (non-hydrogen) atoms. The quantitative estimate of drug-likeness (QED) is 0.528. The highest BCUT2D eigenvalue weighted by Crippen LogP contribution is 2.27. The van der Waals surface area contributed by atoms with Crippen molar-refractivity contribution in [2.45, 2.75) is 6.92 Å². The van der Waals surface area contributed by atoms with Crippen LogP contribution >= 0.6 is 0 Å². The molecule has 3 aromatic rings. The van der Waals surface area contributed by atoms with Crippen LogP contribution in [0.15, 0.2) is 18.2 Å². The van der Waals surface area contributed by atoms with E-state index in [-0.39, 0.29) is 5.95 Å². The van der Waals surface area contributed by atoms with Crippen LogP contribution in [0.1, 0.15) is 5.69 Å². The van der Waals surface area contributed by atoms with E-state index in [4.69, 9.17) is 11.5 Å². The summed E-state index contributed by atoms with van der Waals surface area (Å²) in [4.78, 5) is 11.4. The number of H-pyrrole nitrogens is 1. The van der Waals surface area contributed by atoms with Crippen molar-refractivity contribution < 1.29 is 0 Å². The van der Waals surface area contributed by atoms with E-state index in [1.807, 2.05) is 25.1 Å². The summed E-state index contributed by atoms with van der Waals surface area (Å²) in [5.74, 6) is 0.625. The van der Waals surface area contributed by atoms with Gasteiger partial charge in [0.25, 0.3) is 0 Å². The van der Waals surface area contributed by atoms with Crippen LogP contribution in [0.25, 0.3) is 21.8 Å². The molecule has 3 rings (SSSR count). The Bertz CT molecular complexity index is 698. The van der Waals surface area contributed by atoms with Gasteiger partial charge in [-0.1, -0.05) is 0 Å². The van der Waals surface area contributed by atoms with Crippen LogP contribution in [0.5, 0.6) is 0 Å². The topological polar surface area (TPSA) is 93.6 Å². The van der Waals surface area contributed by atoms with Gasteiger partial charge in [0.1, 0.15) is 5.82 Å². The van der Waals surface area contributed by atoms with E-state index in [0.717, 1.165) is 27.5 Å². The molecule has 2 heterocycles. The van der Waals surface area contributed by atoms with Crippen molar-refractivity contribution >= 4 is 33.6 Å². The van der Waals surface area contributed by atoms with Crippen LogP contribution in [0.4, 0.5) is 11.8 Å². The molecule has 5 heteroatoms. The number of nitrogen functional groups attached to an aromatic ring is 2. The van der Waals surface area contributed by atoms with Gasteiger partial charge < -0.3 is 16.5 Å². The maximum Gasteiger partial charge on any atom is 0.222 e. The maximum absolute atomic E-state index is 5.81. The Morgan fingerprint density at radius 1 is 1.12 bits per heavy atom. The standard InChI is InChI=1S/C11H11N5/c1-5-4-7-8(14-5)3-2-6-9(7)15-11(13)16-10(6)12/h2-4,14H,1H3,(H4,12,13,15,16). The summed E-state index contributed by atoms with van der Waals surface area (Å²) in [6, 6.07) is 5.91.